The lowest BCUT2D eigenvalue weighted by Crippen LogP contribution is -2.33. The molecule has 1 aliphatic rings. The third-order valence-electron chi connectivity index (χ3n) is 3.84. The van der Waals surface area contributed by atoms with E-state index in [4.69, 9.17) is 14.6 Å². The van der Waals surface area contributed by atoms with Crippen LogP contribution in [0.15, 0.2) is 18.2 Å². The Balaban J connectivity index is 1.91. The number of ether oxygens (including phenoxy) is 2. The first-order valence-electron chi connectivity index (χ1n) is 8.23. The largest absolute Gasteiger partial charge is 0.491 e. The summed E-state index contributed by atoms with van der Waals surface area (Å²) in [6.45, 7) is 6.45. The van der Waals surface area contributed by atoms with Gasteiger partial charge in [0.05, 0.1) is 6.61 Å². The quantitative estimate of drug-likeness (QED) is 0.845. The molecule has 0 saturated carbocycles. The summed E-state index contributed by atoms with van der Waals surface area (Å²) in [6, 6.07) is 6.07. The summed E-state index contributed by atoms with van der Waals surface area (Å²) in [7, 11) is 0. The third-order valence-corrected chi connectivity index (χ3v) is 3.84. The third kappa shape index (κ3) is 5.13. The number of hydrogen-bond donors (Lipinski definition) is 2. The van der Waals surface area contributed by atoms with Crippen LogP contribution in [0.4, 0.5) is 4.79 Å². The Morgan fingerprint density at radius 3 is 2.87 bits per heavy atom. The molecule has 2 rings (SSSR count). The lowest BCUT2D eigenvalue weighted by atomic mass is 9.97. The van der Waals surface area contributed by atoms with Gasteiger partial charge in [0.25, 0.3) is 0 Å². The molecule has 23 heavy (non-hydrogen) atoms. The average molecular weight is 321 g/mol. The van der Waals surface area contributed by atoms with Gasteiger partial charge < -0.3 is 19.9 Å². The van der Waals surface area contributed by atoms with Crippen LogP contribution < -0.4 is 10.1 Å². The fraction of sp³-hybridized carbons (Fsp3) is 0.611. The van der Waals surface area contributed by atoms with Gasteiger partial charge in [0, 0.05) is 12.1 Å². The molecule has 128 valence electrons. The highest BCUT2D eigenvalue weighted by Crippen LogP contribution is 2.41. The molecule has 0 bridgehead atoms. The van der Waals surface area contributed by atoms with E-state index in [1.165, 1.54) is 11.1 Å². The number of carbonyl (C=O) groups excluding carboxylic acids is 1. The molecule has 1 unspecified atom stereocenters. The van der Waals surface area contributed by atoms with Gasteiger partial charge in [0.15, 0.2) is 0 Å². The summed E-state index contributed by atoms with van der Waals surface area (Å²) in [5.74, 6) is 1.23. The number of alkyl carbamates (subject to hydrolysis) is 1. The number of aliphatic hydroxyl groups excluding tert-OH is 1. The second-order valence-corrected chi connectivity index (χ2v) is 6.85. The topological polar surface area (TPSA) is 67.8 Å². The maximum atomic E-state index is 11.7. The molecule has 1 amide bonds. The molecular weight excluding hydrogens is 294 g/mol. The highest BCUT2D eigenvalue weighted by atomic mass is 16.6. The second-order valence-electron chi connectivity index (χ2n) is 6.85. The van der Waals surface area contributed by atoms with E-state index in [1.807, 2.05) is 32.9 Å². The SMILES string of the molecule is CC(C)(C)OC(=O)NCCC1CCc2cccc(OCCO)c21. The molecule has 0 spiro atoms. The number of fused-ring (bicyclic) bond motifs is 1. The van der Waals surface area contributed by atoms with E-state index in [0.29, 0.717) is 19.1 Å². The van der Waals surface area contributed by atoms with Crippen molar-refractivity contribution in [1.82, 2.24) is 5.32 Å². The Labute approximate surface area is 138 Å². The van der Waals surface area contributed by atoms with Gasteiger partial charge in [-0.05, 0) is 57.6 Å². The molecular formula is C18H27NO4. The molecule has 1 aromatic carbocycles. The van der Waals surface area contributed by atoms with E-state index in [0.717, 1.165) is 25.0 Å². The summed E-state index contributed by atoms with van der Waals surface area (Å²) >= 11 is 0. The normalized spacial score (nSPS) is 16.8. The van der Waals surface area contributed by atoms with Gasteiger partial charge in [-0.2, -0.15) is 0 Å². The van der Waals surface area contributed by atoms with E-state index in [9.17, 15) is 4.79 Å². The van der Waals surface area contributed by atoms with Crippen LogP contribution in [-0.4, -0.2) is 36.6 Å². The van der Waals surface area contributed by atoms with Gasteiger partial charge in [0.2, 0.25) is 0 Å². The number of hydrogen-bond acceptors (Lipinski definition) is 4. The molecule has 0 fully saturated rings. The van der Waals surface area contributed by atoms with Crippen molar-refractivity contribution >= 4 is 6.09 Å². The predicted octanol–water partition coefficient (Wildman–Crippen LogP) is 3.00. The van der Waals surface area contributed by atoms with Crippen molar-refractivity contribution in [2.24, 2.45) is 0 Å². The summed E-state index contributed by atoms with van der Waals surface area (Å²) in [5, 5.41) is 11.8. The maximum Gasteiger partial charge on any atom is 0.407 e. The number of benzene rings is 1. The molecule has 0 saturated heterocycles. The Kier molecular flexibility index (Phi) is 5.88. The summed E-state index contributed by atoms with van der Waals surface area (Å²) < 4.78 is 10.9. The van der Waals surface area contributed by atoms with Crippen molar-refractivity contribution in [2.75, 3.05) is 19.8 Å². The lowest BCUT2D eigenvalue weighted by molar-refractivity contribution is 0.0526. The molecule has 2 N–H and O–H groups in total. The Bertz CT molecular complexity index is 536. The minimum atomic E-state index is -0.477. The van der Waals surface area contributed by atoms with Gasteiger partial charge >= 0.3 is 6.09 Å². The summed E-state index contributed by atoms with van der Waals surface area (Å²) in [6.07, 6.45) is 2.57. The van der Waals surface area contributed by atoms with Crippen LogP contribution >= 0.6 is 0 Å². The first kappa shape index (κ1) is 17.6. The van der Waals surface area contributed by atoms with E-state index in [-0.39, 0.29) is 12.7 Å². The molecule has 0 radical (unpaired) electrons. The molecule has 1 atom stereocenters. The van der Waals surface area contributed by atoms with Crippen LogP contribution in [0.2, 0.25) is 0 Å². The van der Waals surface area contributed by atoms with Crippen molar-refractivity contribution in [2.45, 2.75) is 51.6 Å². The van der Waals surface area contributed by atoms with Crippen molar-refractivity contribution in [3.63, 3.8) is 0 Å². The zero-order valence-corrected chi connectivity index (χ0v) is 14.2. The minimum absolute atomic E-state index is 0.00847. The molecule has 5 heteroatoms. The van der Waals surface area contributed by atoms with Crippen molar-refractivity contribution < 1.29 is 19.4 Å². The highest BCUT2D eigenvalue weighted by molar-refractivity contribution is 5.67. The van der Waals surface area contributed by atoms with Gasteiger partial charge in [0.1, 0.15) is 18.0 Å². The molecule has 0 aromatic heterocycles. The number of amides is 1. The van der Waals surface area contributed by atoms with Gasteiger partial charge in [-0.15, -0.1) is 0 Å². The first-order valence-corrected chi connectivity index (χ1v) is 8.23. The maximum absolute atomic E-state index is 11.7. The Morgan fingerprint density at radius 1 is 1.39 bits per heavy atom. The Hall–Kier alpha value is -1.75. The van der Waals surface area contributed by atoms with Crippen molar-refractivity contribution in [3.8, 4) is 5.75 Å². The van der Waals surface area contributed by atoms with E-state index in [1.54, 1.807) is 0 Å². The highest BCUT2D eigenvalue weighted by Gasteiger charge is 2.26. The van der Waals surface area contributed by atoms with E-state index >= 15 is 0 Å². The molecule has 0 aliphatic heterocycles. The molecule has 1 aliphatic carbocycles. The van der Waals surface area contributed by atoms with Crippen LogP contribution in [0.1, 0.15) is 50.7 Å². The Morgan fingerprint density at radius 2 is 2.17 bits per heavy atom. The lowest BCUT2D eigenvalue weighted by Gasteiger charge is -2.20. The number of aliphatic hydroxyl groups is 1. The van der Waals surface area contributed by atoms with Crippen LogP contribution in [0.3, 0.4) is 0 Å². The monoisotopic (exact) mass is 321 g/mol. The number of nitrogens with one attached hydrogen (secondary N) is 1. The van der Waals surface area contributed by atoms with E-state index in [2.05, 4.69) is 11.4 Å². The van der Waals surface area contributed by atoms with Crippen LogP contribution in [-0.2, 0) is 11.2 Å². The van der Waals surface area contributed by atoms with Gasteiger partial charge in [-0.3, -0.25) is 0 Å². The van der Waals surface area contributed by atoms with Crippen molar-refractivity contribution in [1.29, 1.82) is 0 Å². The summed E-state index contributed by atoms with van der Waals surface area (Å²) in [5.41, 5.74) is 2.06. The zero-order chi connectivity index (χ0) is 16.9. The molecule has 0 heterocycles. The standard InChI is InChI=1S/C18H27NO4/c1-18(2,3)23-17(21)19-10-9-14-8-7-13-5-4-6-15(16(13)14)22-12-11-20/h4-6,14,20H,7-12H2,1-3H3,(H,19,21). The predicted molar refractivity (Wildman–Crippen MR) is 88.9 cm³/mol. The van der Waals surface area contributed by atoms with Crippen LogP contribution in [0.5, 0.6) is 5.75 Å². The smallest absolute Gasteiger partial charge is 0.407 e. The van der Waals surface area contributed by atoms with Crippen LogP contribution in [0, 0.1) is 0 Å². The fourth-order valence-corrected chi connectivity index (χ4v) is 2.98. The minimum Gasteiger partial charge on any atom is -0.491 e. The average Bonchev–Trinajstić information content (AvgIpc) is 2.87. The molecule has 1 aromatic rings. The van der Waals surface area contributed by atoms with Gasteiger partial charge in [-0.1, -0.05) is 12.1 Å². The number of rotatable bonds is 6. The van der Waals surface area contributed by atoms with Crippen LogP contribution in [0.25, 0.3) is 0 Å². The van der Waals surface area contributed by atoms with Gasteiger partial charge in [-0.25, -0.2) is 4.79 Å². The number of carbonyl (C=O) groups is 1. The molecule has 5 nitrogen and oxygen atoms in total. The fourth-order valence-electron chi connectivity index (χ4n) is 2.98. The number of aryl methyl sites for hydroxylation is 1. The van der Waals surface area contributed by atoms with E-state index < -0.39 is 5.60 Å². The zero-order valence-electron chi connectivity index (χ0n) is 14.2. The summed E-state index contributed by atoms with van der Waals surface area (Å²) in [4.78, 5) is 11.7. The second kappa shape index (κ2) is 7.68. The van der Waals surface area contributed by atoms with Crippen molar-refractivity contribution in [3.05, 3.63) is 29.3 Å². The first-order chi connectivity index (χ1) is 10.9.